The van der Waals surface area contributed by atoms with E-state index >= 15 is 0 Å². The Kier molecular flexibility index (Phi) is 4.87. The Hall–Kier alpha value is 0.0300. The Morgan fingerprint density at radius 1 is 1.31 bits per heavy atom. The summed E-state index contributed by atoms with van der Waals surface area (Å²) in [6.45, 7) is 5.60. The van der Waals surface area contributed by atoms with Crippen molar-refractivity contribution in [2.24, 2.45) is 0 Å². The molecule has 1 unspecified atom stereocenters. The Morgan fingerprint density at radius 2 is 1.92 bits per heavy atom. The van der Waals surface area contributed by atoms with Gasteiger partial charge in [-0.05, 0) is 0 Å². The largest absolute Gasteiger partial charge is 0.383 e. The van der Waals surface area contributed by atoms with Gasteiger partial charge in [0.25, 0.3) is 0 Å². The van der Waals surface area contributed by atoms with Crippen molar-refractivity contribution in [1.82, 2.24) is 9.21 Å². The van der Waals surface area contributed by atoms with E-state index in [0.717, 1.165) is 39.3 Å². The zero-order valence-corrected chi connectivity index (χ0v) is 9.18. The molecule has 1 atom stereocenters. The van der Waals surface area contributed by atoms with Gasteiger partial charge in [0.05, 0.1) is 17.6 Å². The van der Waals surface area contributed by atoms with Gasteiger partial charge in [0.15, 0.2) is 0 Å². The van der Waals surface area contributed by atoms with Crippen molar-refractivity contribution >= 4 is 11.0 Å². The Morgan fingerprint density at radius 3 is 2.38 bits per heavy atom. The fraction of sp³-hybridized carbons (Fsp3) is 1.00. The van der Waals surface area contributed by atoms with Crippen molar-refractivity contribution in [3.8, 4) is 0 Å². The molecule has 13 heavy (non-hydrogen) atoms. The van der Waals surface area contributed by atoms with Gasteiger partial charge >= 0.3 is 0 Å². The summed E-state index contributed by atoms with van der Waals surface area (Å²) < 4.78 is 18.1. The first kappa shape index (κ1) is 11.1. The molecule has 4 nitrogen and oxygen atoms in total. The number of hydrogen-bond acceptors (Lipinski definition) is 3. The molecule has 0 bridgehead atoms. The minimum atomic E-state index is -0.797. The molecule has 0 spiro atoms. The number of piperazine rings is 1. The second-order valence-corrected chi connectivity index (χ2v) is 4.55. The molecule has 1 aliphatic heterocycles. The van der Waals surface area contributed by atoms with Crippen LogP contribution < -0.4 is 0 Å². The topological polar surface area (TPSA) is 32.8 Å². The van der Waals surface area contributed by atoms with Crippen LogP contribution in [0.15, 0.2) is 0 Å². The van der Waals surface area contributed by atoms with Crippen LogP contribution in [0.1, 0.15) is 0 Å². The summed E-state index contributed by atoms with van der Waals surface area (Å²) in [4.78, 5) is 2.34. The van der Waals surface area contributed by atoms with Crippen LogP contribution in [-0.2, 0) is 15.7 Å². The van der Waals surface area contributed by atoms with Crippen molar-refractivity contribution in [2.75, 3.05) is 52.7 Å². The number of hydrogen-bond donors (Lipinski definition) is 0. The van der Waals surface area contributed by atoms with Gasteiger partial charge in [0.2, 0.25) is 0 Å². The third-order valence-corrected chi connectivity index (χ3v) is 3.40. The molecule has 1 saturated heterocycles. The first-order valence-electron chi connectivity index (χ1n) is 4.54. The molecule has 78 valence electrons. The van der Waals surface area contributed by atoms with E-state index in [1.807, 2.05) is 4.31 Å². The predicted octanol–water partition coefficient (Wildman–Crippen LogP) is -0.456. The summed E-state index contributed by atoms with van der Waals surface area (Å²) in [6, 6.07) is 0. The second kappa shape index (κ2) is 5.70. The smallest absolute Gasteiger partial charge is 0.0911 e. The molecule has 5 heteroatoms. The van der Waals surface area contributed by atoms with Gasteiger partial charge in [-0.1, -0.05) is 0 Å². The summed E-state index contributed by atoms with van der Waals surface area (Å²) >= 11 is 0. The van der Waals surface area contributed by atoms with Gasteiger partial charge in [-0.25, -0.2) is 8.51 Å². The van der Waals surface area contributed by atoms with E-state index in [-0.39, 0.29) is 0 Å². The summed E-state index contributed by atoms with van der Waals surface area (Å²) in [5.74, 6) is 0. The molecule has 0 aromatic carbocycles. The lowest BCUT2D eigenvalue weighted by molar-refractivity contribution is 0.124. The van der Waals surface area contributed by atoms with Crippen molar-refractivity contribution in [3.05, 3.63) is 0 Å². The number of rotatable bonds is 4. The fourth-order valence-electron chi connectivity index (χ4n) is 1.43. The third-order valence-electron chi connectivity index (χ3n) is 2.31. The van der Waals surface area contributed by atoms with Crippen LogP contribution in [0.4, 0.5) is 0 Å². The van der Waals surface area contributed by atoms with Crippen LogP contribution in [0.25, 0.3) is 0 Å². The van der Waals surface area contributed by atoms with Crippen molar-refractivity contribution in [3.63, 3.8) is 0 Å². The second-order valence-electron chi connectivity index (χ2n) is 3.19. The third kappa shape index (κ3) is 3.72. The van der Waals surface area contributed by atoms with Gasteiger partial charge < -0.3 is 4.74 Å². The molecule has 1 rings (SSSR count). The summed E-state index contributed by atoms with van der Waals surface area (Å²) in [5, 5.41) is 0. The fourth-order valence-corrected chi connectivity index (χ4v) is 2.11. The van der Waals surface area contributed by atoms with Crippen molar-refractivity contribution in [2.45, 2.75) is 0 Å². The highest BCUT2D eigenvalue weighted by molar-refractivity contribution is 7.81. The zero-order chi connectivity index (χ0) is 9.68. The lowest BCUT2D eigenvalue weighted by atomic mass is 10.4. The van der Waals surface area contributed by atoms with Gasteiger partial charge in [0, 0.05) is 46.1 Å². The van der Waals surface area contributed by atoms with E-state index in [9.17, 15) is 4.21 Å². The number of nitrogens with zero attached hydrogens (tertiary/aromatic N) is 2. The molecule has 0 N–H and O–H groups in total. The lowest BCUT2D eigenvalue weighted by Crippen LogP contribution is -2.47. The number of ether oxygens (including phenoxy) is 1. The van der Waals surface area contributed by atoms with E-state index in [1.165, 1.54) is 0 Å². The molecule has 1 aliphatic rings. The lowest BCUT2D eigenvalue weighted by Gasteiger charge is -2.32. The highest BCUT2D eigenvalue weighted by Crippen LogP contribution is 2.02. The van der Waals surface area contributed by atoms with Crippen LogP contribution in [-0.4, -0.2) is 66.1 Å². The zero-order valence-electron chi connectivity index (χ0n) is 8.36. The monoisotopic (exact) mass is 206 g/mol. The highest BCUT2D eigenvalue weighted by Gasteiger charge is 2.17. The number of methoxy groups -OCH3 is 1. The van der Waals surface area contributed by atoms with Crippen LogP contribution in [0.2, 0.25) is 0 Å². The average molecular weight is 206 g/mol. The molecule has 0 aromatic heterocycles. The molecular weight excluding hydrogens is 188 g/mol. The summed E-state index contributed by atoms with van der Waals surface area (Å²) in [6.07, 6.45) is 1.74. The van der Waals surface area contributed by atoms with Gasteiger partial charge in [-0.15, -0.1) is 0 Å². The molecule has 1 heterocycles. The maximum Gasteiger partial charge on any atom is 0.0911 e. The quantitative estimate of drug-likeness (QED) is 0.624. The standard InChI is InChI=1S/C8H18N2O2S/c1-12-8-7-9-3-5-10(6-4-9)13(2)11/h3-8H2,1-2H3. The van der Waals surface area contributed by atoms with Gasteiger partial charge in [0.1, 0.15) is 0 Å². The van der Waals surface area contributed by atoms with E-state index in [0.29, 0.717) is 0 Å². The first-order chi connectivity index (χ1) is 6.24. The minimum absolute atomic E-state index is 0.787. The highest BCUT2D eigenvalue weighted by atomic mass is 32.2. The Balaban J connectivity index is 2.18. The SMILES string of the molecule is COCCN1CCN(S(C)=O)CC1. The normalized spacial score (nSPS) is 23.2. The molecule has 0 saturated carbocycles. The van der Waals surface area contributed by atoms with E-state index in [1.54, 1.807) is 13.4 Å². The van der Waals surface area contributed by atoms with Crippen LogP contribution in [0.3, 0.4) is 0 Å². The van der Waals surface area contributed by atoms with E-state index < -0.39 is 11.0 Å². The predicted molar refractivity (Wildman–Crippen MR) is 54.0 cm³/mol. The maximum atomic E-state index is 11.1. The Labute approximate surface area is 82.4 Å². The molecule has 0 aliphatic carbocycles. The molecule has 0 aromatic rings. The van der Waals surface area contributed by atoms with E-state index in [2.05, 4.69) is 4.90 Å². The molecule has 0 radical (unpaired) electrons. The maximum absolute atomic E-state index is 11.1. The van der Waals surface area contributed by atoms with Crippen LogP contribution in [0.5, 0.6) is 0 Å². The van der Waals surface area contributed by atoms with Crippen molar-refractivity contribution in [1.29, 1.82) is 0 Å². The minimum Gasteiger partial charge on any atom is -0.383 e. The molecular formula is C8H18N2O2S. The summed E-state index contributed by atoms with van der Waals surface area (Å²) in [7, 11) is 0.922. The van der Waals surface area contributed by atoms with Crippen LogP contribution in [0, 0.1) is 0 Å². The van der Waals surface area contributed by atoms with Gasteiger partial charge in [-0.2, -0.15) is 0 Å². The molecule has 0 amide bonds. The molecule has 1 fully saturated rings. The summed E-state index contributed by atoms with van der Waals surface area (Å²) in [5.41, 5.74) is 0. The first-order valence-corrected chi connectivity index (χ1v) is 6.05. The van der Waals surface area contributed by atoms with Crippen molar-refractivity contribution < 1.29 is 8.95 Å². The van der Waals surface area contributed by atoms with E-state index in [4.69, 9.17) is 4.74 Å². The average Bonchev–Trinajstić information content (AvgIpc) is 2.15. The van der Waals surface area contributed by atoms with Gasteiger partial charge in [-0.3, -0.25) is 4.90 Å². The Bertz CT molecular complexity index is 170. The van der Waals surface area contributed by atoms with Crippen LogP contribution >= 0.6 is 0 Å².